The van der Waals surface area contributed by atoms with Gasteiger partial charge in [0.25, 0.3) is 5.69 Å². The largest absolute Gasteiger partial charge is 0.504 e. The summed E-state index contributed by atoms with van der Waals surface area (Å²) in [4.78, 5) is 19.7. The molecule has 0 spiro atoms. The number of phenolic OH excluding ortho intramolecular Hbond substituents is 1. The predicted molar refractivity (Wildman–Crippen MR) is 94.4 cm³/mol. The number of aromatic nitrogens is 2. The van der Waals surface area contributed by atoms with E-state index in [4.69, 9.17) is 10.5 Å². The van der Waals surface area contributed by atoms with Crippen LogP contribution in [0.15, 0.2) is 41.4 Å². The number of methoxy groups -OCH3 is 1. The molecule has 1 aliphatic rings. The third-order valence-corrected chi connectivity index (χ3v) is 4.14. The van der Waals surface area contributed by atoms with Crippen LogP contribution in [0.3, 0.4) is 0 Å². The minimum atomic E-state index is -0.839. The Morgan fingerprint density at radius 1 is 1.38 bits per heavy atom. The predicted octanol–water partition coefficient (Wildman–Crippen LogP) is 1.95. The molecule has 26 heavy (non-hydrogen) atoms. The zero-order valence-corrected chi connectivity index (χ0v) is 13.6. The Bertz CT molecular complexity index is 1070. The van der Waals surface area contributed by atoms with Crippen molar-refractivity contribution in [3.63, 3.8) is 0 Å². The Labute approximate surface area is 146 Å². The van der Waals surface area contributed by atoms with Gasteiger partial charge < -0.3 is 15.6 Å². The number of nitrogens with zero attached hydrogens (tertiary/aromatic N) is 4. The number of aliphatic imine (C=N–C) groups is 1. The third kappa shape index (κ3) is 2.27. The number of benzene rings is 2. The maximum atomic E-state index is 11.5. The number of phenols is 1. The van der Waals surface area contributed by atoms with Crippen LogP contribution in [0.2, 0.25) is 0 Å². The van der Waals surface area contributed by atoms with Gasteiger partial charge >= 0.3 is 0 Å². The van der Waals surface area contributed by atoms with Crippen LogP contribution in [0.25, 0.3) is 11.0 Å². The summed E-state index contributed by atoms with van der Waals surface area (Å²) in [5, 5.41) is 24.3. The molecule has 0 amide bonds. The lowest BCUT2D eigenvalue weighted by atomic mass is 10.1. The van der Waals surface area contributed by atoms with E-state index in [-0.39, 0.29) is 28.7 Å². The first-order valence-electron chi connectivity index (χ1n) is 7.62. The lowest BCUT2D eigenvalue weighted by Gasteiger charge is -2.24. The van der Waals surface area contributed by atoms with Crippen LogP contribution < -0.4 is 15.8 Å². The molecular formula is C16H14N6O4. The highest BCUT2D eigenvalue weighted by atomic mass is 16.6. The molecule has 132 valence electrons. The van der Waals surface area contributed by atoms with Crippen molar-refractivity contribution in [3.8, 4) is 11.5 Å². The molecular weight excluding hydrogens is 340 g/mol. The average molecular weight is 354 g/mol. The number of hydrogen-bond donors (Lipinski definition) is 3. The second-order valence-corrected chi connectivity index (χ2v) is 5.65. The number of fused-ring (bicyclic) bond motifs is 3. The van der Waals surface area contributed by atoms with Crippen molar-refractivity contribution in [2.24, 2.45) is 10.7 Å². The van der Waals surface area contributed by atoms with E-state index in [0.29, 0.717) is 11.5 Å². The Kier molecular flexibility index (Phi) is 3.39. The lowest BCUT2D eigenvalue weighted by molar-refractivity contribution is -0.385. The summed E-state index contributed by atoms with van der Waals surface area (Å²) in [7, 11) is 1.36. The molecule has 2 aromatic carbocycles. The summed E-state index contributed by atoms with van der Waals surface area (Å²) >= 11 is 0. The molecule has 1 aliphatic heterocycles. The molecule has 3 aromatic rings. The minimum Gasteiger partial charge on any atom is -0.504 e. The molecule has 2 heterocycles. The maximum Gasteiger partial charge on any atom is 0.280 e. The quantitative estimate of drug-likeness (QED) is 0.482. The van der Waals surface area contributed by atoms with Crippen molar-refractivity contribution in [1.82, 2.24) is 9.55 Å². The fraction of sp³-hybridized carbons (Fsp3) is 0.125. The number of nitrogens with one attached hydrogen (secondary N) is 1. The first-order valence-corrected chi connectivity index (χ1v) is 7.62. The molecule has 0 bridgehead atoms. The second kappa shape index (κ2) is 5.62. The van der Waals surface area contributed by atoms with E-state index in [0.717, 1.165) is 11.6 Å². The van der Waals surface area contributed by atoms with Gasteiger partial charge in [-0.2, -0.15) is 0 Å². The number of rotatable bonds is 3. The van der Waals surface area contributed by atoms with E-state index in [1.165, 1.54) is 13.2 Å². The van der Waals surface area contributed by atoms with Crippen LogP contribution in [0.1, 0.15) is 11.7 Å². The molecule has 1 aromatic heterocycles. The number of imidazole rings is 1. The highest BCUT2D eigenvalue weighted by Crippen LogP contribution is 2.41. The molecule has 0 saturated heterocycles. The molecule has 0 aliphatic carbocycles. The Morgan fingerprint density at radius 3 is 2.88 bits per heavy atom. The number of anilines is 1. The monoisotopic (exact) mass is 354 g/mol. The summed E-state index contributed by atoms with van der Waals surface area (Å²) < 4.78 is 6.81. The van der Waals surface area contributed by atoms with Gasteiger partial charge in [0.05, 0.1) is 34.7 Å². The van der Waals surface area contributed by atoms with Gasteiger partial charge in [0.15, 0.2) is 23.6 Å². The zero-order chi connectivity index (χ0) is 18.4. The molecule has 1 atom stereocenters. The number of ether oxygens (including phenoxy) is 1. The maximum absolute atomic E-state index is 11.5. The first-order chi connectivity index (χ1) is 12.5. The molecule has 4 N–H and O–H groups in total. The van der Waals surface area contributed by atoms with Crippen LogP contribution in [0.4, 0.5) is 11.6 Å². The van der Waals surface area contributed by atoms with Crippen molar-refractivity contribution < 1.29 is 14.8 Å². The van der Waals surface area contributed by atoms with Gasteiger partial charge in [-0.15, -0.1) is 0 Å². The highest BCUT2D eigenvalue weighted by molar-refractivity contribution is 5.94. The van der Waals surface area contributed by atoms with Crippen LogP contribution in [-0.2, 0) is 0 Å². The number of aromatic hydroxyl groups is 1. The molecule has 0 saturated carbocycles. The topological polar surface area (TPSA) is 141 Å². The van der Waals surface area contributed by atoms with E-state index in [1.807, 2.05) is 24.3 Å². The van der Waals surface area contributed by atoms with Gasteiger partial charge in [-0.25, -0.2) is 9.98 Å². The molecule has 0 fully saturated rings. The van der Waals surface area contributed by atoms with Crippen molar-refractivity contribution in [1.29, 1.82) is 0 Å². The zero-order valence-electron chi connectivity index (χ0n) is 13.6. The van der Waals surface area contributed by atoms with E-state index in [1.54, 1.807) is 4.57 Å². The van der Waals surface area contributed by atoms with Crippen molar-refractivity contribution in [2.75, 3.05) is 12.4 Å². The van der Waals surface area contributed by atoms with Crippen LogP contribution in [0.5, 0.6) is 11.5 Å². The molecule has 0 unspecified atom stereocenters. The summed E-state index contributed by atoms with van der Waals surface area (Å²) in [6, 6.07) is 9.76. The summed E-state index contributed by atoms with van der Waals surface area (Å²) in [6.07, 6.45) is -0.839. The SMILES string of the molecule is COc1cc([C@H]2N=C(N)Nc3nc4ccccc4n32)c([N+](=O)[O-])cc1O. The smallest absolute Gasteiger partial charge is 0.280 e. The van der Waals surface area contributed by atoms with Gasteiger partial charge in [-0.3, -0.25) is 20.0 Å². The molecule has 4 rings (SSSR count). The summed E-state index contributed by atoms with van der Waals surface area (Å²) in [6.45, 7) is 0. The Balaban J connectivity index is 2.02. The van der Waals surface area contributed by atoms with E-state index in [9.17, 15) is 15.2 Å². The molecule has 0 radical (unpaired) electrons. The van der Waals surface area contributed by atoms with Gasteiger partial charge in [0, 0.05) is 0 Å². The molecule has 10 nitrogen and oxygen atoms in total. The number of para-hydroxylation sites is 2. The van der Waals surface area contributed by atoms with Crippen LogP contribution in [0, 0.1) is 10.1 Å². The normalized spacial score (nSPS) is 15.9. The summed E-state index contributed by atoms with van der Waals surface area (Å²) in [5.41, 5.74) is 7.21. The number of guanidine groups is 1. The summed E-state index contributed by atoms with van der Waals surface area (Å²) in [5.74, 6) is 0.276. The number of nitro benzene ring substituents is 1. The number of nitrogens with two attached hydrogens (primary N) is 1. The number of nitro groups is 1. The second-order valence-electron chi connectivity index (χ2n) is 5.65. The average Bonchev–Trinajstić information content (AvgIpc) is 2.98. The lowest BCUT2D eigenvalue weighted by Crippen LogP contribution is -2.31. The van der Waals surface area contributed by atoms with Crippen molar-refractivity contribution in [2.45, 2.75) is 6.17 Å². The fourth-order valence-corrected chi connectivity index (χ4v) is 3.03. The van der Waals surface area contributed by atoms with Crippen LogP contribution >= 0.6 is 0 Å². The third-order valence-electron chi connectivity index (χ3n) is 4.14. The fourth-order valence-electron chi connectivity index (χ4n) is 3.03. The van der Waals surface area contributed by atoms with E-state index < -0.39 is 11.1 Å². The van der Waals surface area contributed by atoms with Gasteiger partial charge in [-0.1, -0.05) is 12.1 Å². The van der Waals surface area contributed by atoms with Crippen LogP contribution in [-0.4, -0.2) is 32.7 Å². The van der Waals surface area contributed by atoms with E-state index >= 15 is 0 Å². The number of hydrogen-bond acceptors (Lipinski definition) is 8. The Hall–Kier alpha value is -3.82. The molecule has 10 heteroatoms. The van der Waals surface area contributed by atoms with E-state index in [2.05, 4.69) is 15.3 Å². The van der Waals surface area contributed by atoms with Gasteiger partial charge in [0.2, 0.25) is 5.95 Å². The van der Waals surface area contributed by atoms with Gasteiger partial charge in [-0.05, 0) is 18.2 Å². The van der Waals surface area contributed by atoms with Crippen molar-refractivity contribution >= 4 is 28.6 Å². The standard InChI is InChI=1S/C16H14N6O4/c1-26-13-6-8(11(22(24)25)7-12(13)23)14-19-15(17)20-16-18-9-4-2-3-5-10(9)21(14)16/h2-7,14,23H,1H3,(H3,17,18,19,20)/t14-/m0/s1. The van der Waals surface area contributed by atoms with Crippen molar-refractivity contribution in [3.05, 3.63) is 52.1 Å². The highest BCUT2D eigenvalue weighted by Gasteiger charge is 2.31. The van der Waals surface area contributed by atoms with Gasteiger partial charge in [0.1, 0.15) is 0 Å². The first kappa shape index (κ1) is 15.7. The Morgan fingerprint density at radius 2 is 2.15 bits per heavy atom. The minimum absolute atomic E-state index is 0.0825.